The molecule has 29 heavy (non-hydrogen) atoms. The fourth-order valence-electron chi connectivity index (χ4n) is 3.32. The van der Waals surface area contributed by atoms with Gasteiger partial charge in [0.25, 0.3) is 0 Å². The number of aryl methyl sites for hydroxylation is 2. The number of allylic oxidation sites excluding steroid dienone is 1. The van der Waals surface area contributed by atoms with Crippen LogP contribution in [0.4, 0.5) is 0 Å². The smallest absolute Gasteiger partial charge is 0.149 e. The van der Waals surface area contributed by atoms with Gasteiger partial charge in [-0.3, -0.25) is 4.98 Å². The minimum Gasteiger partial charge on any atom is -0.487 e. The van der Waals surface area contributed by atoms with Crippen molar-refractivity contribution in [2.24, 2.45) is 0 Å². The lowest BCUT2D eigenvalue weighted by Gasteiger charge is -2.13. The maximum absolute atomic E-state index is 9.66. The third kappa shape index (κ3) is 4.02. The van der Waals surface area contributed by atoms with E-state index in [1.165, 1.54) is 0 Å². The lowest BCUT2D eigenvalue weighted by Crippen LogP contribution is -2.01. The van der Waals surface area contributed by atoms with E-state index in [0.29, 0.717) is 18.0 Å². The molecule has 0 saturated carbocycles. The normalized spacial score (nSPS) is 11.4. The molecule has 0 amide bonds. The number of pyridine rings is 1. The van der Waals surface area contributed by atoms with Gasteiger partial charge in [0.2, 0.25) is 0 Å². The van der Waals surface area contributed by atoms with Crippen molar-refractivity contribution in [1.29, 1.82) is 5.26 Å². The number of aromatic amines is 1. The van der Waals surface area contributed by atoms with E-state index >= 15 is 0 Å². The van der Waals surface area contributed by atoms with Crippen molar-refractivity contribution in [2.75, 3.05) is 0 Å². The number of nitrogens with zero attached hydrogens (tertiary/aromatic N) is 3. The Morgan fingerprint density at radius 3 is 2.55 bits per heavy atom. The first-order valence-electron chi connectivity index (χ1n) is 9.35. The molecule has 0 saturated heterocycles. The number of hydrogen-bond donors (Lipinski definition) is 1. The third-order valence-corrected chi connectivity index (χ3v) is 4.65. The van der Waals surface area contributed by atoms with E-state index in [0.717, 1.165) is 39.2 Å². The lowest BCUT2D eigenvalue weighted by atomic mass is 10.0. The molecule has 2 aromatic carbocycles. The summed E-state index contributed by atoms with van der Waals surface area (Å²) in [6.07, 6.45) is 3.61. The average Bonchev–Trinajstić information content (AvgIpc) is 3.16. The fourth-order valence-corrected chi connectivity index (χ4v) is 3.32. The number of ether oxygens (including phenoxy) is 1. The molecule has 0 unspecified atom stereocenters. The van der Waals surface area contributed by atoms with Crippen LogP contribution in [0.2, 0.25) is 0 Å². The summed E-state index contributed by atoms with van der Waals surface area (Å²) in [7, 11) is 0. The van der Waals surface area contributed by atoms with Crippen molar-refractivity contribution >= 4 is 22.7 Å². The van der Waals surface area contributed by atoms with Crippen LogP contribution in [-0.2, 0) is 6.61 Å². The molecule has 0 bridgehead atoms. The van der Waals surface area contributed by atoms with Gasteiger partial charge in [0.05, 0.1) is 22.3 Å². The van der Waals surface area contributed by atoms with Crippen LogP contribution in [0.3, 0.4) is 0 Å². The topological polar surface area (TPSA) is 74.6 Å². The molecule has 0 aliphatic carbocycles. The zero-order valence-electron chi connectivity index (χ0n) is 16.3. The molecular weight excluding hydrogens is 360 g/mol. The van der Waals surface area contributed by atoms with Gasteiger partial charge in [0, 0.05) is 6.20 Å². The quantitative estimate of drug-likeness (QED) is 0.482. The zero-order chi connectivity index (χ0) is 20.2. The number of benzene rings is 2. The third-order valence-electron chi connectivity index (χ3n) is 4.65. The van der Waals surface area contributed by atoms with Crippen molar-refractivity contribution in [1.82, 2.24) is 15.0 Å². The molecule has 0 aliphatic heterocycles. The number of imidazole rings is 1. The van der Waals surface area contributed by atoms with Crippen molar-refractivity contribution < 1.29 is 4.74 Å². The Hall–Kier alpha value is -3.91. The molecule has 0 radical (unpaired) electrons. The highest BCUT2D eigenvalue weighted by atomic mass is 16.5. The second-order valence-corrected chi connectivity index (χ2v) is 6.87. The Morgan fingerprint density at radius 1 is 1.10 bits per heavy atom. The number of H-pyrrole nitrogens is 1. The molecule has 2 aromatic heterocycles. The van der Waals surface area contributed by atoms with Gasteiger partial charge in [0.15, 0.2) is 0 Å². The van der Waals surface area contributed by atoms with Crippen LogP contribution >= 0.6 is 0 Å². The summed E-state index contributed by atoms with van der Waals surface area (Å²) in [6, 6.07) is 19.8. The molecule has 0 atom stereocenters. The minimum atomic E-state index is 0.417. The van der Waals surface area contributed by atoms with Gasteiger partial charge >= 0.3 is 0 Å². The van der Waals surface area contributed by atoms with Crippen LogP contribution in [0.1, 0.15) is 28.2 Å². The van der Waals surface area contributed by atoms with E-state index in [9.17, 15) is 5.26 Å². The number of aromatic nitrogens is 3. The number of nitrogens with one attached hydrogen (secondary N) is 1. The maximum atomic E-state index is 9.66. The molecule has 4 rings (SSSR count). The van der Waals surface area contributed by atoms with Crippen molar-refractivity contribution in [2.45, 2.75) is 20.5 Å². The van der Waals surface area contributed by atoms with E-state index in [-0.39, 0.29) is 0 Å². The number of rotatable bonds is 5. The van der Waals surface area contributed by atoms with Crippen LogP contribution in [-0.4, -0.2) is 15.0 Å². The first-order chi connectivity index (χ1) is 14.1. The van der Waals surface area contributed by atoms with Gasteiger partial charge in [-0.15, -0.1) is 0 Å². The summed E-state index contributed by atoms with van der Waals surface area (Å²) in [5, 5.41) is 9.66. The highest BCUT2D eigenvalue weighted by Gasteiger charge is 2.10. The summed E-state index contributed by atoms with van der Waals surface area (Å²) < 4.78 is 6.00. The van der Waals surface area contributed by atoms with E-state index in [1.807, 2.05) is 74.5 Å². The van der Waals surface area contributed by atoms with Crippen molar-refractivity contribution in [3.8, 4) is 11.8 Å². The molecule has 0 spiro atoms. The number of nitriles is 1. The van der Waals surface area contributed by atoms with E-state index in [2.05, 4.69) is 21.0 Å². The SMILES string of the molecule is Cc1cc(/C=C(\C#N)c2nc3ccccc3[nH]2)cc(C)c1OCc1ccccn1. The standard InChI is InChI=1S/C24H20N4O/c1-16-11-18(12-17(2)23(16)29-15-20-7-5-6-10-26-20)13-19(14-25)24-27-21-8-3-4-9-22(21)28-24/h3-13H,15H2,1-2H3,(H,27,28)/b19-13+. The van der Waals surface area contributed by atoms with Crippen LogP contribution < -0.4 is 4.74 Å². The Morgan fingerprint density at radius 2 is 1.86 bits per heavy atom. The Labute approximate surface area is 169 Å². The Bertz CT molecular complexity index is 1180. The summed E-state index contributed by atoms with van der Waals surface area (Å²) >= 11 is 0. The van der Waals surface area contributed by atoms with Gasteiger partial charge in [-0.25, -0.2) is 4.98 Å². The molecule has 0 aliphatic rings. The summed E-state index contributed by atoms with van der Waals surface area (Å²) in [5.41, 5.74) is 6.07. The Balaban J connectivity index is 1.61. The van der Waals surface area contributed by atoms with Crippen molar-refractivity contribution in [3.05, 3.63) is 89.0 Å². The Kier molecular flexibility index (Phi) is 5.08. The summed E-state index contributed by atoms with van der Waals surface area (Å²) in [5.74, 6) is 1.41. The van der Waals surface area contributed by atoms with Gasteiger partial charge in [0.1, 0.15) is 24.3 Å². The van der Waals surface area contributed by atoms with Gasteiger partial charge in [-0.2, -0.15) is 5.26 Å². The molecule has 5 nitrogen and oxygen atoms in total. The van der Waals surface area contributed by atoms with Crippen LogP contribution in [0.15, 0.2) is 60.8 Å². The molecule has 2 heterocycles. The van der Waals surface area contributed by atoms with Gasteiger partial charge in [-0.1, -0.05) is 18.2 Å². The summed E-state index contributed by atoms with van der Waals surface area (Å²) in [4.78, 5) is 12.0. The molecule has 0 fully saturated rings. The largest absolute Gasteiger partial charge is 0.487 e. The number of hydrogen-bond acceptors (Lipinski definition) is 4. The first-order valence-corrected chi connectivity index (χ1v) is 9.35. The van der Waals surface area contributed by atoms with E-state index in [1.54, 1.807) is 6.20 Å². The predicted molar refractivity (Wildman–Crippen MR) is 114 cm³/mol. The van der Waals surface area contributed by atoms with Crippen molar-refractivity contribution in [3.63, 3.8) is 0 Å². The van der Waals surface area contributed by atoms with Crippen LogP contribution in [0.25, 0.3) is 22.7 Å². The monoisotopic (exact) mass is 380 g/mol. The molecule has 1 N–H and O–H groups in total. The van der Waals surface area contributed by atoms with Gasteiger partial charge < -0.3 is 9.72 Å². The van der Waals surface area contributed by atoms with E-state index < -0.39 is 0 Å². The minimum absolute atomic E-state index is 0.417. The van der Waals surface area contributed by atoms with E-state index in [4.69, 9.17) is 4.74 Å². The highest BCUT2D eigenvalue weighted by molar-refractivity contribution is 5.90. The highest BCUT2D eigenvalue weighted by Crippen LogP contribution is 2.28. The van der Waals surface area contributed by atoms with Crippen LogP contribution in [0.5, 0.6) is 5.75 Å². The number of para-hydroxylation sites is 2. The average molecular weight is 380 g/mol. The second-order valence-electron chi connectivity index (χ2n) is 6.87. The lowest BCUT2D eigenvalue weighted by molar-refractivity contribution is 0.297. The predicted octanol–water partition coefficient (Wildman–Crippen LogP) is 5.22. The molecule has 4 aromatic rings. The number of fused-ring (bicyclic) bond motifs is 1. The van der Waals surface area contributed by atoms with Crippen LogP contribution in [0, 0.1) is 25.2 Å². The fraction of sp³-hybridized carbons (Fsp3) is 0.125. The van der Waals surface area contributed by atoms with Gasteiger partial charge in [-0.05, 0) is 73.0 Å². The first kappa shape index (κ1) is 18.5. The second kappa shape index (κ2) is 7.99. The maximum Gasteiger partial charge on any atom is 0.149 e. The zero-order valence-corrected chi connectivity index (χ0v) is 16.3. The summed E-state index contributed by atoms with van der Waals surface area (Å²) in [6.45, 7) is 4.43. The molecular formula is C24H20N4O. The molecule has 5 heteroatoms. The molecule has 142 valence electrons.